The largest absolute Gasteiger partial charge is 0.461 e. The second-order valence-electron chi connectivity index (χ2n) is 5.39. The summed E-state index contributed by atoms with van der Waals surface area (Å²) in [5, 5.41) is 2.21. The molecule has 0 radical (unpaired) electrons. The zero-order valence-electron chi connectivity index (χ0n) is 14.9. The van der Waals surface area contributed by atoms with Gasteiger partial charge in [-0.15, -0.1) is 0 Å². The number of esters is 1. The zero-order valence-corrected chi connectivity index (χ0v) is 17.9. The topological polar surface area (TPSA) is 137 Å². The first kappa shape index (κ1) is 21.8. The minimum Gasteiger partial charge on any atom is -0.461 e. The van der Waals surface area contributed by atoms with E-state index in [1.807, 2.05) is 22.6 Å². The molecule has 0 unspecified atom stereocenters. The minimum atomic E-state index is -4.58. The summed E-state index contributed by atoms with van der Waals surface area (Å²) < 4.78 is 36.3. The van der Waals surface area contributed by atoms with Gasteiger partial charge in [0, 0.05) is 15.8 Å². The Balaban J connectivity index is 2.09. The van der Waals surface area contributed by atoms with Crippen LogP contribution in [-0.2, 0) is 15.0 Å². The summed E-state index contributed by atoms with van der Waals surface area (Å²) in [4.78, 5) is 31.9. The molecule has 0 aliphatic heterocycles. The van der Waals surface area contributed by atoms with Crippen molar-refractivity contribution in [2.75, 3.05) is 16.4 Å². The molecule has 1 heterocycles. The number of nitrogens with zero attached hydrogens (tertiary/aromatic N) is 2. The van der Waals surface area contributed by atoms with Gasteiger partial charge in [0.15, 0.2) is 5.75 Å². The van der Waals surface area contributed by atoms with Crippen LogP contribution in [0.1, 0.15) is 21.7 Å². The molecule has 1 aromatic carbocycles. The molecule has 2 amide bonds. The molecule has 2 N–H and O–H groups in total. The predicted octanol–water partition coefficient (Wildman–Crippen LogP) is 2.13. The summed E-state index contributed by atoms with van der Waals surface area (Å²) in [6.07, 6.45) is 0. The Hall–Kier alpha value is -2.48. The van der Waals surface area contributed by atoms with Crippen molar-refractivity contribution in [1.29, 1.82) is 0 Å². The quantitative estimate of drug-likeness (QED) is 0.322. The molecule has 0 atom stereocenters. The average molecular weight is 520 g/mol. The Morgan fingerprint density at radius 1 is 1.14 bits per heavy atom. The van der Waals surface area contributed by atoms with Gasteiger partial charge in [-0.3, -0.25) is 5.32 Å². The monoisotopic (exact) mass is 520 g/mol. The maximum absolute atomic E-state index is 12.1. The lowest BCUT2D eigenvalue weighted by molar-refractivity contribution is 0.0531. The predicted molar refractivity (Wildman–Crippen MR) is 109 cm³/mol. The van der Waals surface area contributed by atoms with Crippen LogP contribution in [0.4, 0.5) is 10.7 Å². The number of nitrogens with one attached hydrogen (secondary N) is 2. The van der Waals surface area contributed by atoms with Crippen molar-refractivity contribution in [3.8, 4) is 5.75 Å². The molecule has 2 rings (SSSR count). The van der Waals surface area contributed by atoms with Gasteiger partial charge in [0.2, 0.25) is 5.95 Å². The molecule has 10 nitrogen and oxygen atoms in total. The van der Waals surface area contributed by atoms with Gasteiger partial charge in [-0.2, -0.15) is 8.42 Å². The number of aryl methyl sites for hydroxylation is 2. The van der Waals surface area contributed by atoms with Gasteiger partial charge in [-0.05, 0) is 32.0 Å². The van der Waals surface area contributed by atoms with Crippen molar-refractivity contribution in [2.24, 2.45) is 0 Å². The highest BCUT2D eigenvalue weighted by molar-refractivity contribution is 14.1. The number of para-hydroxylation sites is 1. The van der Waals surface area contributed by atoms with E-state index >= 15 is 0 Å². The van der Waals surface area contributed by atoms with Crippen molar-refractivity contribution < 1.29 is 26.9 Å². The summed E-state index contributed by atoms with van der Waals surface area (Å²) in [5.41, 5.74) is 1.11. The number of hydrogen-bond donors (Lipinski definition) is 2. The molecule has 150 valence electrons. The van der Waals surface area contributed by atoms with Gasteiger partial charge < -0.3 is 8.92 Å². The third-order valence-electron chi connectivity index (χ3n) is 3.04. The van der Waals surface area contributed by atoms with Crippen LogP contribution in [0.3, 0.4) is 0 Å². The summed E-state index contributed by atoms with van der Waals surface area (Å²) in [6.45, 7) is 3.56. The van der Waals surface area contributed by atoms with Crippen molar-refractivity contribution in [2.45, 2.75) is 13.8 Å². The second-order valence-corrected chi connectivity index (χ2v) is 7.75. The number of aromatic nitrogens is 2. The van der Waals surface area contributed by atoms with Crippen molar-refractivity contribution in [3.63, 3.8) is 0 Å². The molecule has 0 saturated carbocycles. The van der Waals surface area contributed by atoms with E-state index < -0.39 is 22.3 Å². The van der Waals surface area contributed by atoms with Gasteiger partial charge in [-0.25, -0.2) is 24.3 Å². The van der Waals surface area contributed by atoms with E-state index in [1.165, 1.54) is 24.3 Å². The number of amides is 2. The molecular weight excluding hydrogens is 503 g/mol. The third kappa shape index (κ3) is 6.60. The number of rotatable bonds is 7. The highest BCUT2D eigenvalue weighted by Gasteiger charge is 2.22. The number of hydrogen-bond acceptors (Lipinski definition) is 8. The maximum atomic E-state index is 12.1. The number of halogens is 1. The SMILES string of the molecule is Cc1cc(C)nc(NC(=O)NS(=O)(=O)Oc2ccccc2C(=O)OCCI)n1. The second kappa shape index (κ2) is 9.64. The first-order valence-electron chi connectivity index (χ1n) is 7.88. The van der Waals surface area contributed by atoms with Crippen LogP contribution in [-0.4, -0.2) is 41.4 Å². The first-order valence-corrected chi connectivity index (χ1v) is 10.8. The van der Waals surface area contributed by atoms with E-state index in [9.17, 15) is 18.0 Å². The molecule has 12 heteroatoms. The van der Waals surface area contributed by atoms with Crippen LogP contribution < -0.4 is 14.2 Å². The Labute approximate surface area is 175 Å². The molecule has 0 bridgehead atoms. The molecule has 0 aliphatic carbocycles. The van der Waals surface area contributed by atoms with Crippen LogP contribution in [0.5, 0.6) is 5.75 Å². The van der Waals surface area contributed by atoms with E-state index in [4.69, 9.17) is 8.92 Å². The fourth-order valence-electron chi connectivity index (χ4n) is 2.08. The number of carbonyl (C=O) groups is 2. The maximum Gasteiger partial charge on any atom is 0.411 e. The van der Waals surface area contributed by atoms with Crippen LogP contribution in [0.25, 0.3) is 0 Å². The summed E-state index contributed by atoms with van der Waals surface area (Å²) in [7, 11) is -4.58. The standard InChI is InChI=1S/C16H17IN4O6S/c1-10-9-11(2)19-15(18-10)20-16(23)21-28(24,25)27-13-6-4-3-5-12(13)14(22)26-8-7-17/h3-6,9H,7-8H2,1-2H3,(H2,18,19,20,21,23). The average Bonchev–Trinajstić information content (AvgIpc) is 2.58. The minimum absolute atomic E-state index is 0.0621. The highest BCUT2D eigenvalue weighted by atomic mass is 127. The number of urea groups is 1. The fraction of sp³-hybridized carbons (Fsp3) is 0.250. The molecule has 0 saturated heterocycles. The van der Waals surface area contributed by atoms with E-state index in [0.29, 0.717) is 15.8 Å². The van der Waals surface area contributed by atoms with E-state index in [1.54, 1.807) is 24.6 Å². The lowest BCUT2D eigenvalue weighted by atomic mass is 10.2. The third-order valence-corrected chi connectivity index (χ3v) is 4.32. The van der Waals surface area contributed by atoms with Gasteiger partial charge in [0.25, 0.3) is 0 Å². The summed E-state index contributed by atoms with van der Waals surface area (Å²) >= 11 is 2.03. The number of carbonyl (C=O) groups excluding carboxylic acids is 2. The van der Waals surface area contributed by atoms with E-state index in [2.05, 4.69) is 15.3 Å². The molecular formula is C16H17IN4O6S. The number of ether oxygens (including phenoxy) is 1. The smallest absolute Gasteiger partial charge is 0.411 e. The van der Waals surface area contributed by atoms with E-state index in [0.717, 1.165) is 0 Å². The lowest BCUT2D eigenvalue weighted by Crippen LogP contribution is -2.37. The zero-order chi connectivity index (χ0) is 20.7. The molecule has 28 heavy (non-hydrogen) atoms. The van der Waals surface area contributed by atoms with Gasteiger partial charge >= 0.3 is 22.3 Å². The molecule has 0 aliphatic rings. The Morgan fingerprint density at radius 3 is 2.43 bits per heavy atom. The van der Waals surface area contributed by atoms with Crippen molar-refractivity contribution in [1.82, 2.24) is 14.7 Å². The molecule has 0 spiro atoms. The van der Waals surface area contributed by atoms with Crippen LogP contribution in [0, 0.1) is 13.8 Å². The molecule has 2 aromatic rings. The Bertz CT molecular complexity index is 963. The number of anilines is 1. The van der Waals surface area contributed by atoms with Gasteiger partial charge in [0.1, 0.15) is 12.2 Å². The van der Waals surface area contributed by atoms with Crippen LogP contribution in [0.2, 0.25) is 0 Å². The highest BCUT2D eigenvalue weighted by Crippen LogP contribution is 2.20. The van der Waals surface area contributed by atoms with E-state index in [-0.39, 0.29) is 23.9 Å². The van der Waals surface area contributed by atoms with Gasteiger partial charge in [-0.1, -0.05) is 34.7 Å². The molecule has 1 aromatic heterocycles. The molecule has 0 fully saturated rings. The van der Waals surface area contributed by atoms with Crippen molar-refractivity contribution in [3.05, 3.63) is 47.3 Å². The van der Waals surface area contributed by atoms with Crippen LogP contribution >= 0.6 is 22.6 Å². The fourth-order valence-corrected chi connectivity index (χ4v) is 3.00. The van der Waals surface area contributed by atoms with Crippen LogP contribution in [0.15, 0.2) is 30.3 Å². The lowest BCUT2D eigenvalue weighted by Gasteiger charge is -2.12. The summed E-state index contributed by atoms with van der Waals surface area (Å²) in [5.74, 6) is -1.08. The Morgan fingerprint density at radius 2 is 1.79 bits per heavy atom. The number of benzene rings is 1. The van der Waals surface area contributed by atoms with Gasteiger partial charge in [0.05, 0.1) is 0 Å². The number of alkyl halides is 1. The summed E-state index contributed by atoms with van der Waals surface area (Å²) in [6, 6.07) is 6.20. The normalized spacial score (nSPS) is 10.8. The first-order chi connectivity index (χ1) is 13.2. The van der Waals surface area contributed by atoms with Crippen molar-refractivity contribution >= 4 is 50.8 Å². The Kier molecular flexibility index (Phi) is 7.51.